The van der Waals surface area contributed by atoms with Crippen LogP contribution in [0.25, 0.3) is 21.7 Å². The van der Waals surface area contributed by atoms with Crippen molar-refractivity contribution >= 4 is 33.4 Å². The number of ether oxygens (including phenoxy) is 1. The highest BCUT2D eigenvalue weighted by Crippen LogP contribution is 2.41. The number of fused-ring (bicyclic) bond motifs is 3. The Bertz CT molecular complexity index is 1490. The number of anilines is 1. The van der Waals surface area contributed by atoms with E-state index in [0.29, 0.717) is 36.8 Å². The summed E-state index contributed by atoms with van der Waals surface area (Å²) in [7, 11) is 0. The highest BCUT2D eigenvalue weighted by atomic mass is 16.5. The summed E-state index contributed by atoms with van der Waals surface area (Å²) in [6, 6.07) is 15.9. The Hall–Kier alpha value is -4.06. The first-order chi connectivity index (χ1) is 18.6. The van der Waals surface area contributed by atoms with E-state index in [0.717, 1.165) is 59.0 Å². The number of amides is 1. The molecule has 5 rings (SSSR count). The van der Waals surface area contributed by atoms with Crippen molar-refractivity contribution < 1.29 is 9.53 Å². The number of rotatable bonds is 13. The molecule has 0 unspecified atom stereocenters. The number of pyridine rings is 2. The maximum absolute atomic E-state index is 11.6. The van der Waals surface area contributed by atoms with E-state index in [1.165, 1.54) is 18.4 Å². The molecule has 8 heteroatoms. The summed E-state index contributed by atoms with van der Waals surface area (Å²) in [4.78, 5) is 20.6. The molecule has 2 heterocycles. The standard InChI is InChI=1S/C30H32N6O2/c31-17-23-15-20(3-7-24(23)21-4-5-21)18-33-10-1-2-13-38-14-12-35-30-26-9-11-34-19-27(26)25-8-6-22(29(32)37)16-28(25)36-30/h3,6-9,11,15-16,19,21,33H,1-2,4-5,10,12-14,18H2,(H2,32,37)(H,35,36). The van der Waals surface area contributed by atoms with Gasteiger partial charge >= 0.3 is 0 Å². The van der Waals surface area contributed by atoms with Gasteiger partial charge in [-0.15, -0.1) is 0 Å². The summed E-state index contributed by atoms with van der Waals surface area (Å²) in [5, 5.41) is 19.1. The molecule has 1 fully saturated rings. The van der Waals surface area contributed by atoms with Crippen molar-refractivity contribution in [2.75, 3.05) is 31.6 Å². The summed E-state index contributed by atoms with van der Waals surface area (Å²) in [6.07, 6.45) is 7.96. The molecule has 0 radical (unpaired) electrons. The smallest absolute Gasteiger partial charge is 0.248 e. The Morgan fingerprint density at radius 1 is 1.05 bits per heavy atom. The van der Waals surface area contributed by atoms with Crippen molar-refractivity contribution in [3.05, 3.63) is 77.1 Å². The molecule has 1 saturated carbocycles. The van der Waals surface area contributed by atoms with Gasteiger partial charge in [0.25, 0.3) is 0 Å². The van der Waals surface area contributed by atoms with Crippen molar-refractivity contribution in [2.45, 2.75) is 38.1 Å². The molecule has 0 spiro atoms. The van der Waals surface area contributed by atoms with Crippen LogP contribution >= 0.6 is 0 Å². The maximum Gasteiger partial charge on any atom is 0.248 e. The molecular weight excluding hydrogens is 476 g/mol. The number of aromatic nitrogens is 2. The van der Waals surface area contributed by atoms with E-state index in [4.69, 9.17) is 15.5 Å². The van der Waals surface area contributed by atoms with Crippen molar-refractivity contribution in [3.8, 4) is 6.07 Å². The molecule has 2 aromatic carbocycles. The predicted molar refractivity (Wildman–Crippen MR) is 149 cm³/mol. The Labute approximate surface area is 222 Å². The summed E-state index contributed by atoms with van der Waals surface area (Å²) in [5.41, 5.74) is 9.76. The van der Waals surface area contributed by atoms with Gasteiger partial charge in [0, 0.05) is 53.8 Å². The molecule has 0 bridgehead atoms. The van der Waals surface area contributed by atoms with Crippen molar-refractivity contribution in [2.24, 2.45) is 5.73 Å². The third kappa shape index (κ3) is 6.08. The van der Waals surface area contributed by atoms with Crippen LogP contribution in [0.4, 0.5) is 5.82 Å². The van der Waals surface area contributed by atoms with E-state index in [2.05, 4.69) is 33.8 Å². The zero-order chi connectivity index (χ0) is 26.3. The number of nitrogens with two attached hydrogens (primary N) is 1. The summed E-state index contributed by atoms with van der Waals surface area (Å²) in [6.45, 7) is 3.54. The molecule has 1 amide bonds. The quantitative estimate of drug-likeness (QED) is 0.178. The van der Waals surface area contributed by atoms with Gasteiger partial charge in [-0.3, -0.25) is 9.78 Å². The largest absolute Gasteiger partial charge is 0.380 e. The number of carbonyl (C=O) groups is 1. The number of nitriles is 1. The lowest BCUT2D eigenvalue weighted by Gasteiger charge is -2.12. The third-order valence-electron chi connectivity index (χ3n) is 6.90. The molecule has 38 heavy (non-hydrogen) atoms. The lowest BCUT2D eigenvalue weighted by atomic mass is 10.0. The fraction of sp³-hybridized carbons (Fsp3) is 0.333. The van der Waals surface area contributed by atoms with Crippen LogP contribution in [0.2, 0.25) is 0 Å². The van der Waals surface area contributed by atoms with Gasteiger partial charge in [0.05, 0.1) is 23.8 Å². The van der Waals surface area contributed by atoms with Crippen LogP contribution in [-0.2, 0) is 11.3 Å². The minimum Gasteiger partial charge on any atom is -0.380 e. The molecule has 4 N–H and O–H groups in total. The Balaban J connectivity index is 1.03. The van der Waals surface area contributed by atoms with Crippen LogP contribution in [-0.4, -0.2) is 42.2 Å². The zero-order valence-corrected chi connectivity index (χ0v) is 21.4. The van der Waals surface area contributed by atoms with E-state index in [1.807, 2.05) is 24.4 Å². The molecule has 4 aromatic rings. The SMILES string of the molecule is N#Cc1cc(CNCCCCOCCNc2nc3cc(C(N)=O)ccc3c3cnccc23)ccc1C1CC1. The normalized spacial score (nSPS) is 13.0. The monoisotopic (exact) mass is 508 g/mol. The van der Waals surface area contributed by atoms with Gasteiger partial charge in [-0.05, 0) is 73.5 Å². The maximum atomic E-state index is 11.6. The van der Waals surface area contributed by atoms with E-state index >= 15 is 0 Å². The Morgan fingerprint density at radius 2 is 1.95 bits per heavy atom. The molecule has 0 saturated heterocycles. The van der Waals surface area contributed by atoms with Gasteiger partial charge in [-0.25, -0.2) is 4.98 Å². The number of benzene rings is 2. The van der Waals surface area contributed by atoms with Crippen LogP contribution in [0.15, 0.2) is 54.9 Å². The van der Waals surface area contributed by atoms with Gasteiger partial charge in [0.15, 0.2) is 0 Å². The average molecular weight is 509 g/mol. The van der Waals surface area contributed by atoms with Gasteiger partial charge in [-0.2, -0.15) is 5.26 Å². The van der Waals surface area contributed by atoms with E-state index in [-0.39, 0.29) is 0 Å². The predicted octanol–water partition coefficient (Wildman–Crippen LogP) is 4.63. The molecular formula is C30H32N6O2. The van der Waals surface area contributed by atoms with Gasteiger partial charge in [0.1, 0.15) is 5.82 Å². The third-order valence-corrected chi connectivity index (χ3v) is 6.90. The molecule has 2 aromatic heterocycles. The molecule has 1 aliphatic carbocycles. The number of unbranched alkanes of at least 4 members (excludes halogenated alkanes) is 1. The van der Waals surface area contributed by atoms with E-state index in [9.17, 15) is 10.1 Å². The Morgan fingerprint density at radius 3 is 2.76 bits per heavy atom. The van der Waals surface area contributed by atoms with Crippen molar-refractivity contribution in [1.29, 1.82) is 5.26 Å². The number of nitrogens with zero attached hydrogens (tertiary/aromatic N) is 3. The fourth-order valence-electron chi connectivity index (χ4n) is 4.73. The van der Waals surface area contributed by atoms with Gasteiger partial charge < -0.3 is 21.1 Å². The topological polar surface area (TPSA) is 126 Å². The second-order valence-corrected chi connectivity index (χ2v) is 9.71. The molecule has 0 atom stereocenters. The first kappa shape index (κ1) is 25.6. The molecule has 194 valence electrons. The van der Waals surface area contributed by atoms with Crippen LogP contribution < -0.4 is 16.4 Å². The number of hydrogen-bond acceptors (Lipinski definition) is 7. The number of nitrogens with one attached hydrogen (secondary N) is 2. The van der Waals surface area contributed by atoms with Crippen molar-refractivity contribution in [1.82, 2.24) is 15.3 Å². The fourth-order valence-corrected chi connectivity index (χ4v) is 4.73. The number of primary amides is 1. The van der Waals surface area contributed by atoms with Crippen LogP contribution in [0, 0.1) is 11.3 Å². The Kier molecular flexibility index (Phi) is 8.07. The second kappa shape index (κ2) is 12.0. The lowest BCUT2D eigenvalue weighted by molar-refractivity contribution is 0.100. The van der Waals surface area contributed by atoms with Crippen LogP contribution in [0.3, 0.4) is 0 Å². The minimum atomic E-state index is -0.478. The molecule has 1 aliphatic rings. The van der Waals surface area contributed by atoms with Gasteiger partial charge in [-0.1, -0.05) is 18.2 Å². The minimum absolute atomic E-state index is 0.426. The summed E-state index contributed by atoms with van der Waals surface area (Å²) >= 11 is 0. The highest BCUT2D eigenvalue weighted by Gasteiger charge is 2.26. The van der Waals surface area contributed by atoms with Crippen molar-refractivity contribution in [3.63, 3.8) is 0 Å². The molecule has 0 aliphatic heterocycles. The number of carbonyl (C=O) groups excluding carboxylic acids is 1. The first-order valence-corrected chi connectivity index (χ1v) is 13.2. The van der Waals surface area contributed by atoms with Crippen LogP contribution in [0.1, 0.15) is 58.6 Å². The van der Waals surface area contributed by atoms with E-state index in [1.54, 1.807) is 18.3 Å². The van der Waals surface area contributed by atoms with E-state index < -0.39 is 5.91 Å². The first-order valence-electron chi connectivity index (χ1n) is 13.2. The zero-order valence-electron chi connectivity index (χ0n) is 21.4. The summed E-state index contributed by atoms with van der Waals surface area (Å²) in [5.74, 6) is 0.849. The summed E-state index contributed by atoms with van der Waals surface area (Å²) < 4.78 is 5.81. The molecule has 8 nitrogen and oxygen atoms in total. The average Bonchev–Trinajstić information content (AvgIpc) is 3.79. The van der Waals surface area contributed by atoms with Crippen LogP contribution in [0.5, 0.6) is 0 Å². The lowest BCUT2D eigenvalue weighted by Crippen LogP contribution is -2.16. The highest BCUT2D eigenvalue weighted by molar-refractivity contribution is 6.11. The number of hydrogen-bond donors (Lipinski definition) is 3. The van der Waals surface area contributed by atoms with Gasteiger partial charge in [0.2, 0.25) is 5.91 Å². The second-order valence-electron chi connectivity index (χ2n) is 9.71.